The monoisotopic (exact) mass is 410 g/mol. The summed E-state index contributed by atoms with van der Waals surface area (Å²) in [7, 11) is 0. The van der Waals surface area contributed by atoms with Crippen LogP contribution in [0.3, 0.4) is 0 Å². The van der Waals surface area contributed by atoms with E-state index in [1.165, 1.54) is 6.21 Å². The molecular formula is C22H26N4O4. The molecule has 0 saturated carbocycles. The van der Waals surface area contributed by atoms with Crippen LogP contribution in [0.2, 0.25) is 0 Å². The molecule has 0 aliphatic carbocycles. The number of carbonyl (C=O) groups excluding carboxylic acids is 3. The van der Waals surface area contributed by atoms with Crippen LogP contribution in [0.15, 0.2) is 59.7 Å². The third-order valence-electron chi connectivity index (χ3n) is 3.76. The van der Waals surface area contributed by atoms with Gasteiger partial charge in [0.1, 0.15) is 12.2 Å². The van der Waals surface area contributed by atoms with E-state index < -0.39 is 5.91 Å². The van der Waals surface area contributed by atoms with Gasteiger partial charge in [-0.2, -0.15) is 5.10 Å². The van der Waals surface area contributed by atoms with E-state index >= 15 is 0 Å². The van der Waals surface area contributed by atoms with Crippen molar-refractivity contribution in [2.75, 3.05) is 6.61 Å². The van der Waals surface area contributed by atoms with E-state index in [9.17, 15) is 14.4 Å². The summed E-state index contributed by atoms with van der Waals surface area (Å²) < 4.78 is 5.46. The molecule has 2 aromatic rings. The first-order chi connectivity index (χ1) is 14.4. The third-order valence-corrected chi connectivity index (χ3v) is 3.76. The van der Waals surface area contributed by atoms with Crippen LogP contribution < -0.4 is 20.8 Å². The highest BCUT2D eigenvalue weighted by atomic mass is 16.5. The molecule has 3 N–H and O–H groups in total. The van der Waals surface area contributed by atoms with Crippen molar-refractivity contribution in [1.82, 2.24) is 16.1 Å². The van der Waals surface area contributed by atoms with Gasteiger partial charge in [-0.05, 0) is 49.2 Å². The van der Waals surface area contributed by atoms with Gasteiger partial charge in [-0.1, -0.05) is 30.3 Å². The lowest BCUT2D eigenvalue weighted by Crippen LogP contribution is -2.34. The Morgan fingerprint density at radius 3 is 2.33 bits per heavy atom. The van der Waals surface area contributed by atoms with Gasteiger partial charge in [-0.3, -0.25) is 14.4 Å². The molecule has 0 aliphatic rings. The van der Waals surface area contributed by atoms with E-state index in [-0.39, 0.29) is 30.9 Å². The van der Waals surface area contributed by atoms with Gasteiger partial charge in [0.2, 0.25) is 11.8 Å². The van der Waals surface area contributed by atoms with Crippen LogP contribution in [0.25, 0.3) is 0 Å². The van der Waals surface area contributed by atoms with Crippen LogP contribution in [0, 0.1) is 0 Å². The first-order valence-electron chi connectivity index (χ1n) is 9.57. The van der Waals surface area contributed by atoms with Crippen molar-refractivity contribution in [3.8, 4) is 5.75 Å². The highest BCUT2D eigenvalue weighted by Crippen LogP contribution is 2.11. The summed E-state index contributed by atoms with van der Waals surface area (Å²) in [5.41, 5.74) is 4.04. The van der Waals surface area contributed by atoms with E-state index in [0.717, 1.165) is 11.1 Å². The molecule has 158 valence electrons. The zero-order chi connectivity index (χ0) is 21.8. The largest absolute Gasteiger partial charge is 0.484 e. The van der Waals surface area contributed by atoms with Gasteiger partial charge < -0.3 is 15.4 Å². The number of amides is 3. The molecule has 8 nitrogen and oxygen atoms in total. The molecule has 2 aromatic carbocycles. The Labute approximate surface area is 175 Å². The van der Waals surface area contributed by atoms with Crippen LogP contribution in [-0.4, -0.2) is 36.6 Å². The molecular weight excluding hydrogens is 384 g/mol. The molecule has 0 aromatic heterocycles. The van der Waals surface area contributed by atoms with E-state index in [2.05, 4.69) is 21.2 Å². The zero-order valence-electron chi connectivity index (χ0n) is 17.1. The Bertz CT molecular complexity index is 864. The van der Waals surface area contributed by atoms with E-state index in [0.29, 0.717) is 12.3 Å². The van der Waals surface area contributed by atoms with Crippen molar-refractivity contribution in [2.45, 2.75) is 32.9 Å². The van der Waals surface area contributed by atoms with Crippen molar-refractivity contribution in [2.24, 2.45) is 5.10 Å². The predicted molar refractivity (Wildman–Crippen MR) is 114 cm³/mol. The van der Waals surface area contributed by atoms with Crippen molar-refractivity contribution in [3.63, 3.8) is 0 Å². The highest BCUT2D eigenvalue weighted by Gasteiger charge is 2.09. The molecule has 3 amide bonds. The number of hydrazone groups is 1. The van der Waals surface area contributed by atoms with Gasteiger partial charge in [0.15, 0.2) is 6.61 Å². The van der Waals surface area contributed by atoms with Crippen molar-refractivity contribution < 1.29 is 19.1 Å². The summed E-state index contributed by atoms with van der Waals surface area (Å²) in [5, 5.41) is 9.24. The molecule has 0 unspecified atom stereocenters. The minimum absolute atomic E-state index is 0.0236. The maximum absolute atomic E-state index is 11.9. The zero-order valence-corrected chi connectivity index (χ0v) is 17.1. The molecule has 0 aliphatic heterocycles. The maximum Gasteiger partial charge on any atom is 0.258 e. The minimum atomic E-state index is -0.495. The number of carbonyl (C=O) groups is 3. The molecule has 30 heavy (non-hydrogen) atoms. The van der Waals surface area contributed by atoms with Gasteiger partial charge in [0.25, 0.3) is 5.91 Å². The minimum Gasteiger partial charge on any atom is -0.484 e. The van der Waals surface area contributed by atoms with Crippen molar-refractivity contribution in [1.29, 1.82) is 0 Å². The first kappa shape index (κ1) is 22.6. The van der Waals surface area contributed by atoms with Crippen LogP contribution in [0.1, 0.15) is 31.4 Å². The summed E-state index contributed by atoms with van der Waals surface area (Å²) in [6, 6.07) is 16.5. The molecule has 2 rings (SSSR count). The lowest BCUT2D eigenvalue weighted by atomic mass is 10.2. The molecule has 0 heterocycles. The number of benzene rings is 2. The highest BCUT2D eigenvalue weighted by molar-refractivity contribution is 5.97. The molecule has 0 saturated heterocycles. The lowest BCUT2D eigenvalue weighted by molar-refractivity contribution is -0.129. The molecule has 8 heteroatoms. The summed E-state index contributed by atoms with van der Waals surface area (Å²) in [5.74, 6) is -0.525. The Morgan fingerprint density at radius 2 is 1.67 bits per heavy atom. The SMILES string of the molecule is CC(C)NC(=O)CC(=O)N/N=C/c1ccc(OCC(=O)NCc2ccccc2)cc1. The average molecular weight is 410 g/mol. The summed E-state index contributed by atoms with van der Waals surface area (Å²) in [6.07, 6.45) is 1.17. The van der Waals surface area contributed by atoms with Crippen molar-refractivity contribution >= 4 is 23.9 Å². The number of rotatable bonds is 10. The fraction of sp³-hybridized carbons (Fsp3) is 0.273. The number of nitrogens with one attached hydrogen (secondary N) is 3. The maximum atomic E-state index is 11.9. The van der Waals surface area contributed by atoms with E-state index in [4.69, 9.17) is 4.74 Å². The van der Waals surface area contributed by atoms with E-state index in [1.807, 2.05) is 44.2 Å². The fourth-order valence-corrected chi connectivity index (χ4v) is 2.38. The Morgan fingerprint density at radius 1 is 0.967 bits per heavy atom. The Balaban J connectivity index is 1.70. The Kier molecular flexibility index (Phi) is 9.05. The average Bonchev–Trinajstić information content (AvgIpc) is 2.71. The Hall–Kier alpha value is -3.68. The van der Waals surface area contributed by atoms with Crippen LogP contribution >= 0.6 is 0 Å². The topological polar surface area (TPSA) is 109 Å². The summed E-state index contributed by atoms with van der Waals surface area (Å²) in [6.45, 7) is 4.00. The number of ether oxygens (including phenoxy) is 1. The summed E-state index contributed by atoms with van der Waals surface area (Å²) in [4.78, 5) is 35.0. The molecule has 0 atom stereocenters. The van der Waals surface area contributed by atoms with Gasteiger partial charge in [-0.15, -0.1) is 0 Å². The lowest BCUT2D eigenvalue weighted by Gasteiger charge is -2.08. The van der Waals surface area contributed by atoms with Gasteiger partial charge in [0, 0.05) is 12.6 Å². The second kappa shape index (κ2) is 12.0. The quantitative estimate of drug-likeness (QED) is 0.315. The molecule has 0 fully saturated rings. The first-order valence-corrected chi connectivity index (χ1v) is 9.57. The second-order valence-corrected chi connectivity index (χ2v) is 6.81. The van der Waals surface area contributed by atoms with Crippen LogP contribution in [0.5, 0.6) is 5.75 Å². The predicted octanol–water partition coefficient (Wildman–Crippen LogP) is 1.75. The van der Waals surface area contributed by atoms with Gasteiger partial charge in [-0.25, -0.2) is 5.43 Å². The number of hydrogen-bond acceptors (Lipinski definition) is 5. The normalized spacial score (nSPS) is 10.6. The molecule has 0 spiro atoms. The van der Waals surface area contributed by atoms with Gasteiger partial charge in [0.05, 0.1) is 6.21 Å². The number of nitrogens with zero attached hydrogens (tertiary/aromatic N) is 1. The standard InChI is InChI=1S/C22H26N4O4/c1-16(2)25-20(27)12-21(28)26-24-14-18-8-10-19(11-9-18)30-15-22(29)23-13-17-6-4-3-5-7-17/h3-11,14,16H,12-13,15H2,1-2H3,(H,23,29)(H,25,27)(H,26,28)/b24-14+. The van der Waals surface area contributed by atoms with E-state index in [1.54, 1.807) is 24.3 Å². The van der Waals surface area contributed by atoms with Gasteiger partial charge >= 0.3 is 0 Å². The second-order valence-electron chi connectivity index (χ2n) is 6.81. The fourth-order valence-electron chi connectivity index (χ4n) is 2.38. The van der Waals surface area contributed by atoms with Crippen molar-refractivity contribution in [3.05, 3.63) is 65.7 Å². The smallest absolute Gasteiger partial charge is 0.258 e. The molecule has 0 bridgehead atoms. The molecule has 0 radical (unpaired) electrons. The number of hydrogen-bond donors (Lipinski definition) is 3. The third kappa shape index (κ3) is 9.01. The van der Waals surface area contributed by atoms with Crippen LogP contribution in [0.4, 0.5) is 0 Å². The van der Waals surface area contributed by atoms with Crippen LogP contribution in [-0.2, 0) is 20.9 Å². The summed E-state index contributed by atoms with van der Waals surface area (Å²) >= 11 is 0.